The first-order chi connectivity index (χ1) is 9.08. The van der Waals surface area contributed by atoms with Gasteiger partial charge in [-0.25, -0.2) is 0 Å². The molecule has 1 aromatic carbocycles. The molecule has 19 heavy (non-hydrogen) atoms. The first-order valence-electron chi connectivity index (χ1n) is 6.80. The minimum Gasteiger partial charge on any atom is -0.494 e. The monoisotopic (exact) mass is 262 g/mol. The van der Waals surface area contributed by atoms with E-state index >= 15 is 0 Å². The lowest BCUT2D eigenvalue weighted by molar-refractivity contribution is 0.0777. The number of rotatable bonds is 4. The summed E-state index contributed by atoms with van der Waals surface area (Å²) in [6.45, 7) is 6.87. The maximum atomic E-state index is 12.4. The molecule has 1 fully saturated rings. The van der Waals surface area contributed by atoms with Crippen molar-refractivity contribution in [3.63, 3.8) is 0 Å². The Hall–Kier alpha value is -1.55. The summed E-state index contributed by atoms with van der Waals surface area (Å²) >= 11 is 0. The third-order valence-corrected chi connectivity index (χ3v) is 3.75. The van der Waals surface area contributed by atoms with Crippen LogP contribution in [0.25, 0.3) is 0 Å². The fraction of sp³-hybridized carbons (Fsp3) is 0.533. The average Bonchev–Trinajstić information content (AvgIpc) is 2.83. The highest BCUT2D eigenvalue weighted by atomic mass is 16.5. The third kappa shape index (κ3) is 3.07. The van der Waals surface area contributed by atoms with Gasteiger partial charge in [-0.1, -0.05) is 6.92 Å². The SMILES string of the molecule is CCOc1ccc(C(=O)N2CCC(C)(CN)C2)cc1. The van der Waals surface area contributed by atoms with E-state index in [0.717, 1.165) is 25.3 Å². The number of nitrogens with two attached hydrogens (primary N) is 1. The second-order valence-corrected chi connectivity index (χ2v) is 5.45. The first kappa shape index (κ1) is 13.9. The molecule has 0 saturated carbocycles. The fourth-order valence-electron chi connectivity index (χ4n) is 2.41. The van der Waals surface area contributed by atoms with Crippen molar-refractivity contribution in [3.05, 3.63) is 29.8 Å². The molecule has 0 aliphatic carbocycles. The van der Waals surface area contributed by atoms with E-state index < -0.39 is 0 Å². The summed E-state index contributed by atoms with van der Waals surface area (Å²) in [5, 5.41) is 0. The van der Waals surface area contributed by atoms with Crippen LogP contribution in [0.5, 0.6) is 5.75 Å². The van der Waals surface area contributed by atoms with Gasteiger partial charge in [-0.2, -0.15) is 0 Å². The minimum absolute atomic E-state index is 0.0704. The molecule has 1 aromatic rings. The van der Waals surface area contributed by atoms with E-state index in [2.05, 4.69) is 6.92 Å². The summed E-state index contributed by atoms with van der Waals surface area (Å²) in [6, 6.07) is 7.33. The molecule has 4 heteroatoms. The van der Waals surface area contributed by atoms with Gasteiger partial charge < -0.3 is 15.4 Å². The highest BCUT2D eigenvalue weighted by Crippen LogP contribution is 2.29. The second kappa shape index (κ2) is 5.61. The van der Waals surface area contributed by atoms with Crippen molar-refractivity contribution in [1.29, 1.82) is 0 Å². The molecule has 0 bridgehead atoms. The zero-order chi connectivity index (χ0) is 13.9. The molecule has 0 radical (unpaired) electrons. The predicted molar refractivity (Wildman–Crippen MR) is 75.3 cm³/mol. The van der Waals surface area contributed by atoms with E-state index in [1.165, 1.54) is 0 Å². The van der Waals surface area contributed by atoms with E-state index in [9.17, 15) is 4.79 Å². The Bertz CT molecular complexity index is 444. The number of carbonyl (C=O) groups is 1. The molecule has 104 valence electrons. The van der Waals surface area contributed by atoms with E-state index in [4.69, 9.17) is 10.5 Å². The molecule has 0 aromatic heterocycles. The van der Waals surface area contributed by atoms with Crippen LogP contribution in [0.1, 0.15) is 30.6 Å². The van der Waals surface area contributed by atoms with Crippen LogP contribution in [0.2, 0.25) is 0 Å². The standard InChI is InChI=1S/C15H22N2O2/c1-3-19-13-6-4-12(5-7-13)14(18)17-9-8-15(2,10-16)11-17/h4-7H,3,8-11,16H2,1-2H3. The van der Waals surface area contributed by atoms with Gasteiger partial charge in [0.1, 0.15) is 5.75 Å². The molecule has 1 atom stereocenters. The van der Waals surface area contributed by atoms with Gasteiger partial charge in [0.15, 0.2) is 0 Å². The van der Waals surface area contributed by atoms with Crippen LogP contribution >= 0.6 is 0 Å². The van der Waals surface area contributed by atoms with E-state index in [-0.39, 0.29) is 11.3 Å². The number of amides is 1. The van der Waals surface area contributed by atoms with Crippen LogP contribution in [0.15, 0.2) is 24.3 Å². The average molecular weight is 262 g/mol. The Morgan fingerprint density at radius 2 is 2.11 bits per heavy atom. The van der Waals surface area contributed by atoms with Crippen LogP contribution in [0.3, 0.4) is 0 Å². The van der Waals surface area contributed by atoms with Gasteiger partial charge in [-0.3, -0.25) is 4.79 Å². The number of benzene rings is 1. The summed E-state index contributed by atoms with van der Waals surface area (Å²) in [5.41, 5.74) is 6.55. The van der Waals surface area contributed by atoms with Crippen molar-refractivity contribution in [1.82, 2.24) is 4.90 Å². The molecular weight excluding hydrogens is 240 g/mol. The Labute approximate surface area is 114 Å². The van der Waals surface area contributed by atoms with Crippen LogP contribution < -0.4 is 10.5 Å². The quantitative estimate of drug-likeness (QED) is 0.901. The maximum absolute atomic E-state index is 12.4. The van der Waals surface area contributed by atoms with Crippen molar-refractivity contribution in [2.75, 3.05) is 26.2 Å². The van der Waals surface area contributed by atoms with Gasteiger partial charge in [-0.15, -0.1) is 0 Å². The molecule has 1 aliphatic rings. The second-order valence-electron chi connectivity index (χ2n) is 5.45. The normalized spacial score (nSPS) is 22.6. The van der Waals surface area contributed by atoms with Crippen molar-refractivity contribution in [3.8, 4) is 5.75 Å². The molecule has 1 unspecified atom stereocenters. The smallest absolute Gasteiger partial charge is 0.253 e. The molecule has 4 nitrogen and oxygen atoms in total. The third-order valence-electron chi connectivity index (χ3n) is 3.75. The lowest BCUT2D eigenvalue weighted by Crippen LogP contribution is -2.34. The molecule has 0 spiro atoms. The van der Waals surface area contributed by atoms with Crippen molar-refractivity contribution >= 4 is 5.91 Å². The Morgan fingerprint density at radius 3 is 2.63 bits per heavy atom. The maximum Gasteiger partial charge on any atom is 0.253 e. The summed E-state index contributed by atoms with van der Waals surface area (Å²) < 4.78 is 5.38. The van der Waals surface area contributed by atoms with Crippen molar-refractivity contribution < 1.29 is 9.53 Å². The lowest BCUT2D eigenvalue weighted by atomic mass is 9.90. The van der Waals surface area contributed by atoms with Gasteiger partial charge in [-0.05, 0) is 49.6 Å². The zero-order valence-electron chi connectivity index (χ0n) is 11.7. The highest BCUT2D eigenvalue weighted by Gasteiger charge is 2.35. The summed E-state index contributed by atoms with van der Waals surface area (Å²) in [5.74, 6) is 0.882. The number of carbonyl (C=O) groups excluding carboxylic acids is 1. The van der Waals surface area contributed by atoms with Gasteiger partial charge in [0.05, 0.1) is 6.61 Å². The minimum atomic E-state index is 0.0704. The molecule has 1 saturated heterocycles. The topological polar surface area (TPSA) is 55.6 Å². The van der Waals surface area contributed by atoms with Crippen LogP contribution in [-0.2, 0) is 0 Å². The highest BCUT2D eigenvalue weighted by molar-refractivity contribution is 5.94. The number of nitrogens with zero attached hydrogens (tertiary/aromatic N) is 1. The van der Waals surface area contributed by atoms with E-state index in [0.29, 0.717) is 18.7 Å². The summed E-state index contributed by atoms with van der Waals surface area (Å²) in [7, 11) is 0. The summed E-state index contributed by atoms with van der Waals surface area (Å²) in [4.78, 5) is 14.3. The fourth-order valence-corrected chi connectivity index (χ4v) is 2.41. The molecule has 1 heterocycles. The predicted octanol–water partition coefficient (Wildman–Crippen LogP) is 1.90. The Kier molecular flexibility index (Phi) is 4.10. The van der Waals surface area contributed by atoms with Crippen LogP contribution in [-0.4, -0.2) is 37.0 Å². The van der Waals surface area contributed by atoms with Crippen LogP contribution in [0.4, 0.5) is 0 Å². The van der Waals surface area contributed by atoms with Crippen LogP contribution in [0, 0.1) is 5.41 Å². The Balaban J connectivity index is 2.04. The zero-order valence-corrected chi connectivity index (χ0v) is 11.7. The number of ether oxygens (including phenoxy) is 1. The van der Waals surface area contributed by atoms with E-state index in [1.54, 1.807) is 0 Å². The largest absolute Gasteiger partial charge is 0.494 e. The van der Waals surface area contributed by atoms with E-state index in [1.807, 2.05) is 36.1 Å². The number of hydrogen-bond donors (Lipinski definition) is 1. The van der Waals surface area contributed by atoms with Crippen molar-refractivity contribution in [2.24, 2.45) is 11.1 Å². The number of likely N-dealkylation sites (tertiary alicyclic amines) is 1. The number of hydrogen-bond acceptors (Lipinski definition) is 3. The molecule has 2 N–H and O–H groups in total. The van der Waals surface area contributed by atoms with Gasteiger partial charge in [0.2, 0.25) is 0 Å². The van der Waals surface area contributed by atoms with Gasteiger partial charge in [0, 0.05) is 18.7 Å². The molecule has 1 amide bonds. The lowest BCUT2D eigenvalue weighted by Gasteiger charge is -2.22. The summed E-state index contributed by atoms with van der Waals surface area (Å²) in [6.07, 6.45) is 0.978. The van der Waals surface area contributed by atoms with Gasteiger partial charge >= 0.3 is 0 Å². The molecular formula is C15H22N2O2. The molecule has 2 rings (SSSR count). The van der Waals surface area contributed by atoms with Gasteiger partial charge in [0.25, 0.3) is 5.91 Å². The molecule has 1 aliphatic heterocycles. The Morgan fingerprint density at radius 1 is 1.42 bits per heavy atom. The van der Waals surface area contributed by atoms with Crippen molar-refractivity contribution in [2.45, 2.75) is 20.3 Å². The first-order valence-corrected chi connectivity index (χ1v) is 6.80.